The summed E-state index contributed by atoms with van der Waals surface area (Å²) >= 11 is 21.2. The van der Waals surface area contributed by atoms with E-state index in [-0.39, 0.29) is 0 Å². The molecule has 0 aliphatic carbocycles. The molecule has 2 rings (SSSR count). The van der Waals surface area contributed by atoms with Crippen molar-refractivity contribution in [2.24, 2.45) is 5.10 Å². The Hall–Kier alpha value is -0.740. The summed E-state index contributed by atoms with van der Waals surface area (Å²) in [4.78, 5) is 0. The number of benzene rings is 2. The number of hydrazone groups is 1. The molecule has 2 aromatic carbocycles. The summed E-state index contributed by atoms with van der Waals surface area (Å²) in [7, 11) is 0. The average molecular weight is 378 g/mol. The third kappa shape index (κ3) is 4.11. The second-order valence-corrected chi connectivity index (χ2v) is 5.83. The van der Waals surface area contributed by atoms with Gasteiger partial charge in [-0.3, -0.25) is 5.43 Å². The Morgan fingerprint density at radius 1 is 1.00 bits per heavy atom. The van der Waals surface area contributed by atoms with Crippen LogP contribution >= 0.6 is 50.7 Å². The lowest BCUT2D eigenvalue weighted by molar-refractivity contribution is 1.35. The van der Waals surface area contributed by atoms with E-state index in [0.717, 1.165) is 10.0 Å². The first-order chi connectivity index (χ1) is 9.06. The van der Waals surface area contributed by atoms with Crippen LogP contribution in [-0.4, -0.2) is 6.21 Å². The molecule has 0 spiro atoms. The SMILES string of the molecule is Clc1cc(Cl)c(N/N=C\c2ccc(Br)cc2)c(Cl)c1. The predicted octanol–water partition coefficient (Wildman–Crippen LogP) is 5.86. The van der Waals surface area contributed by atoms with Crippen LogP contribution in [0.15, 0.2) is 46.0 Å². The third-order valence-corrected chi connectivity index (χ3v) is 3.61. The molecule has 19 heavy (non-hydrogen) atoms. The zero-order chi connectivity index (χ0) is 13.8. The van der Waals surface area contributed by atoms with Gasteiger partial charge in [-0.15, -0.1) is 0 Å². The Labute approximate surface area is 134 Å². The molecule has 0 saturated heterocycles. The summed E-state index contributed by atoms with van der Waals surface area (Å²) in [5, 5.41) is 5.42. The highest BCUT2D eigenvalue weighted by molar-refractivity contribution is 9.10. The molecule has 0 fully saturated rings. The summed E-state index contributed by atoms with van der Waals surface area (Å²) in [6, 6.07) is 10.9. The van der Waals surface area contributed by atoms with E-state index in [2.05, 4.69) is 26.5 Å². The molecule has 2 nitrogen and oxygen atoms in total. The van der Waals surface area contributed by atoms with Gasteiger partial charge in [-0.25, -0.2) is 0 Å². The second-order valence-electron chi connectivity index (χ2n) is 3.67. The highest BCUT2D eigenvalue weighted by Crippen LogP contribution is 2.33. The first-order valence-electron chi connectivity index (χ1n) is 5.25. The summed E-state index contributed by atoms with van der Waals surface area (Å²) in [6.07, 6.45) is 1.67. The fourth-order valence-corrected chi connectivity index (χ4v) is 2.54. The topological polar surface area (TPSA) is 24.4 Å². The van der Waals surface area contributed by atoms with E-state index in [1.54, 1.807) is 18.3 Å². The predicted molar refractivity (Wildman–Crippen MR) is 86.8 cm³/mol. The van der Waals surface area contributed by atoms with Crippen LogP contribution in [-0.2, 0) is 0 Å². The van der Waals surface area contributed by atoms with Crippen molar-refractivity contribution in [3.05, 3.63) is 61.5 Å². The molecule has 0 heterocycles. The molecule has 0 unspecified atom stereocenters. The Morgan fingerprint density at radius 2 is 1.58 bits per heavy atom. The van der Waals surface area contributed by atoms with Gasteiger partial charge in [0.15, 0.2) is 0 Å². The Morgan fingerprint density at radius 3 is 2.16 bits per heavy atom. The van der Waals surface area contributed by atoms with E-state index in [4.69, 9.17) is 34.8 Å². The van der Waals surface area contributed by atoms with E-state index in [1.807, 2.05) is 24.3 Å². The van der Waals surface area contributed by atoms with Crippen molar-refractivity contribution in [3.63, 3.8) is 0 Å². The first kappa shape index (κ1) is 14.7. The van der Waals surface area contributed by atoms with Crippen LogP contribution in [0.1, 0.15) is 5.56 Å². The number of halogens is 4. The van der Waals surface area contributed by atoms with E-state index >= 15 is 0 Å². The van der Waals surface area contributed by atoms with Crippen LogP contribution in [0.2, 0.25) is 15.1 Å². The van der Waals surface area contributed by atoms with Crippen LogP contribution in [0.3, 0.4) is 0 Å². The van der Waals surface area contributed by atoms with Gasteiger partial charge in [-0.05, 0) is 29.8 Å². The molecular weight excluding hydrogens is 370 g/mol. The van der Waals surface area contributed by atoms with Crippen molar-refractivity contribution in [1.82, 2.24) is 0 Å². The summed E-state index contributed by atoms with van der Waals surface area (Å²) in [5.74, 6) is 0. The molecule has 0 radical (unpaired) electrons. The van der Waals surface area contributed by atoms with Crippen LogP contribution < -0.4 is 5.43 Å². The standard InChI is InChI=1S/C13H8BrCl3N2/c14-9-3-1-8(2-4-9)7-18-19-13-11(16)5-10(15)6-12(13)17/h1-7,19H/b18-7-. The number of nitrogens with zero attached hydrogens (tertiary/aromatic N) is 1. The number of hydrogen-bond acceptors (Lipinski definition) is 2. The maximum absolute atomic E-state index is 6.03. The number of nitrogens with one attached hydrogen (secondary N) is 1. The van der Waals surface area contributed by atoms with Crippen LogP contribution in [0.5, 0.6) is 0 Å². The van der Waals surface area contributed by atoms with Gasteiger partial charge in [0, 0.05) is 9.50 Å². The fourth-order valence-electron chi connectivity index (χ4n) is 1.37. The molecule has 1 N–H and O–H groups in total. The molecule has 0 aliphatic rings. The molecule has 2 aromatic rings. The third-order valence-electron chi connectivity index (χ3n) is 2.27. The maximum Gasteiger partial charge on any atom is 0.0935 e. The Bertz CT molecular complexity index is 589. The number of anilines is 1. The molecule has 0 atom stereocenters. The van der Waals surface area contributed by atoms with Gasteiger partial charge in [0.25, 0.3) is 0 Å². The number of rotatable bonds is 3. The van der Waals surface area contributed by atoms with E-state index in [1.165, 1.54) is 0 Å². The summed E-state index contributed by atoms with van der Waals surface area (Å²) in [5.41, 5.74) is 4.29. The minimum absolute atomic E-state index is 0.422. The molecule has 0 bridgehead atoms. The second kappa shape index (κ2) is 6.62. The highest BCUT2D eigenvalue weighted by atomic mass is 79.9. The molecule has 0 saturated carbocycles. The molecule has 0 aliphatic heterocycles. The van der Waals surface area contributed by atoms with Crippen LogP contribution in [0.4, 0.5) is 5.69 Å². The van der Waals surface area contributed by atoms with Crippen molar-refractivity contribution in [2.45, 2.75) is 0 Å². The molecule has 98 valence electrons. The number of hydrogen-bond donors (Lipinski definition) is 1. The van der Waals surface area contributed by atoms with Gasteiger partial charge in [-0.2, -0.15) is 5.10 Å². The zero-order valence-electron chi connectivity index (χ0n) is 9.50. The van der Waals surface area contributed by atoms with E-state index in [0.29, 0.717) is 20.8 Å². The molecule has 0 amide bonds. The average Bonchev–Trinajstić information content (AvgIpc) is 2.34. The van der Waals surface area contributed by atoms with E-state index in [9.17, 15) is 0 Å². The first-order valence-corrected chi connectivity index (χ1v) is 7.18. The minimum Gasteiger partial charge on any atom is -0.275 e. The van der Waals surface area contributed by atoms with Gasteiger partial charge in [0.2, 0.25) is 0 Å². The van der Waals surface area contributed by atoms with Crippen molar-refractivity contribution < 1.29 is 0 Å². The van der Waals surface area contributed by atoms with Crippen molar-refractivity contribution in [2.75, 3.05) is 5.43 Å². The van der Waals surface area contributed by atoms with Gasteiger partial charge in [-0.1, -0.05) is 62.9 Å². The van der Waals surface area contributed by atoms with E-state index < -0.39 is 0 Å². The molecule has 6 heteroatoms. The highest BCUT2D eigenvalue weighted by Gasteiger charge is 2.06. The summed E-state index contributed by atoms with van der Waals surface area (Å²) < 4.78 is 1.02. The Balaban J connectivity index is 2.12. The molecule has 0 aromatic heterocycles. The van der Waals surface area contributed by atoms with Gasteiger partial charge >= 0.3 is 0 Å². The smallest absolute Gasteiger partial charge is 0.0935 e. The van der Waals surface area contributed by atoms with Gasteiger partial charge < -0.3 is 0 Å². The fraction of sp³-hybridized carbons (Fsp3) is 0. The van der Waals surface area contributed by atoms with Crippen molar-refractivity contribution in [3.8, 4) is 0 Å². The minimum atomic E-state index is 0.422. The van der Waals surface area contributed by atoms with Crippen LogP contribution in [0.25, 0.3) is 0 Å². The lowest BCUT2D eigenvalue weighted by atomic mass is 10.2. The zero-order valence-corrected chi connectivity index (χ0v) is 13.4. The summed E-state index contributed by atoms with van der Waals surface area (Å²) in [6.45, 7) is 0. The van der Waals surface area contributed by atoms with Gasteiger partial charge in [0.05, 0.1) is 21.9 Å². The largest absolute Gasteiger partial charge is 0.275 e. The molecular formula is C13H8BrCl3N2. The lowest BCUT2D eigenvalue weighted by Gasteiger charge is -2.06. The quantitative estimate of drug-likeness (QED) is 0.525. The lowest BCUT2D eigenvalue weighted by Crippen LogP contribution is -1.92. The Kier molecular flexibility index (Phi) is 5.11. The maximum atomic E-state index is 6.03. The monoisotopic (exact) mass is 376 g/mol. The van der Waals surface area contributed by atoms with Crippen molar-refractivity contribution >= 4 is 62.6 Å². The van der Waals surface area contributed by atoms with Crippen molar-refractivity contribution in [1.29, 1.82) is 0 Å². The van der Waals surface area contributed by atoms with Gasteiger partial charge in [0.1, 0.15) is 0 Å². The normalized spacial score (nSPS) is 10.9. The van der Waals surface area contributed by atoms with Crippen LogP contribution in [0, 0.1) is 0 Å².